The van der Waals surface area contributed by atoms with E-state index in [-0.39, 0.29) is 36.1 Å². The van der Waals surface area contributed by atoms with Crippen LogP contribution >= 0.6 is 12.4 Å². The van der Waals surface area contributed by atoms with Gasteiger partial charge in [0.15, 0.2) is 0 Å². The van der Waals surface area contributed by atoms with Crippen LogP contribution in [0.15, 0.2) is 24.3 Å². The fourth-order valence-corrected chi connectivity index (χ4v) is 4.74. The first-order valence-electron chi connectivity index (χ1n) is 9.62. The van der Waals surface area contributed by atoms with Gasteiger partial charge in [0.05, 0.1) is 11.3 Å². The van der Waals surface area contributed by atoms with Crippen LogP contribution in [-0.2, 0) is 14.3 Å². The van der Waals surface area contributed by atoms with Crippen LogP contribution in [0.25, 0.3) is 0 Å². The van der Waals surface area contributed by atoms with Crippen LogP contribution in [0.1, 0.15) is 37.2 Å². The van der Waals surface area contributed by atoms with Gasteiger partial charge in [-0.25, -0.2) is 0 Å². The fraction of sp³-hybridized carbons (Fsp3) is 0.600. The summed E-state index contributed by atoms with van der Waals surface area (Å²) in [6, 6.07) is 7.94. The Morgan fingerprint density at radius 3 is 2.56 bits per heavy atom. The van der Waals surface area contributed by atoms with Gasteiger partial charge in [-0.3, -0.25) is 9.59 Å². The number of carbonyl (C=O) groups excluding carboxylic acids is 2. The van der Waals surface area contributed by atoms with Gasteiger partial charge in [-0.1, -0.05) is 18.2 Å². The zero-order chi connectivity index (χ0) is 18.1. The molecule has 4 rings (SSSR count). The number of hydrogen-bond donors (Lipinski definition) is 2. The van der Waals surface area contributed by atoms with Crippen LogP contribution in [0.5, 0.6) is 0 Å². The van der Waals surface area contributed by atoms with E-state index in [4.69, 9.17) is 10.5 Å². The predicted molar refractivity (Wildman–Crippen MR) is 106 cm³/mol. The molecule has 1 unspecified atom stereocenters. The molecule has 2 fully saturated rings. The number of amides is 2. The van der Waals surface area contributed by atoms with Gasteiger partial charge in [0.1, 0.15) is 0 Å². The lowest BCUT2D eigenvalue weighted by molar-refractivity contribution is -0.148. The summed E-state index contributed by atoms with van der Waals surface area (Å²) >= 11 is 0. The minimum atomic E-state index is -0.456. The third kappa shape index (κ3) is 3.58. The largest absolute Gasteiger partial charge is 0.381 e. The molecular weight excluding hydrogens is 366 g/mol. The van der Waals surface area contributed by atoms with Crippen molar-refractivity contribution < 1.29 is 14.3 Å². The van der Waals surface area contributed by atoms with Crippen LogP contribution in [-0.4, -0.2) is 49.6 Å². The van der Waals surface area contributed by atoms with Crippen LogP contribution < -0.4 is 11.1 Å². The summed E-state index contributed by atoms with van der Waals surface area (Å²) in [5.41, 5.74) is 7.57. The Balaban J connectivity index is 0.00000210. The van der Waals surface area contributed by atoms with E-state index in [1.165, 1.54) is 0 Å². The van der Waals surface area contributed by atoms with Gasteiger partial charge in [0.25, 0.3) is 0 Å². The summed E-state index contributed by atoms with van der Waals surface area (Å²) in [5, 5.41) is 3.00. The lowest BCUT2D eigenvalue weighted by Crippen LogP contribution is -2.53. The molecule has 7 heteroatoms. The van der Waals surface area contributed by atoms with E-state index >= 15 is 0 Å². The first-order valence-corrected chi connectivity index (χ1v) is 9.62. The van der Waals surface area contributed by atoms with Crippen LogP contribution in [0.3, 0.4) is 0 Å². The quantitative estimate of drug-likeness (QED) is 0.823. The Kier molecular flexibility index (Phi) is 6.08. The first kappa shape index (κ1) is 20.1. The molecule has 1 aromatic rings. The molecule has 2 saturated heterocycles. The van der Waals surface area contributed by atoms with Crippen molar-refractivity contribution in [3.05, 3.63) is 29.8 Å². The molecule has 148 valence electrons. The molecule has 0 aliphatic carbocycles. The molecule has 3 N–H and O–H groups in total. The smallest absolute Gasteiger partial charge is 0.232 e. The highest BCUT2D eigenvalue weighted by molar-refractivity contribution is 6.03. The number of likely N-dealkylation sites (tertiary alicyclic amines) is 1. The highest BCUT2D eigenvalue weighted by atomic mass is 35.5. The number of ether oxygens (including phenoxy) is 1. The SMILES string of the molecule is Cl.NCC1(C(=O)N2CCC(C3C(=O)Nc4ccccc43)CC2)CCOCC1. The summed E-state index contributed by atoms with van der Waals surface area (Å²) in [7, 11) is 0. The van der Waals surface area contributed by atoms with Crippen molar-refractivity contribution in [1.29, 1.82) is 0 Å². The molecule has 1 aromatic carbocycles. The van der Waals surface area contributed by atoms with Gasteiger partial charge in [-0.05, 0) is 43.2 Å². The second-order valence-electron chi connectivity index (χ2n) is 7.78. The van der Waals surface area contributed by atoms with Crippen molar-refractivity contribution in [2.75, 3.05) is 38.2 Å². The molecule has 3 heterocycles. The van der Waals surface area contributed by atoms with Crippen LogP contribution in [0.4, 0.5) is 5.69 Å². The number of para-hydroxylation sites is 1. The molecule has 0 spiro atoms. The highest BCUT2D eigenvalue weighted by Gasteiger charge is 2.44. The number of halogens is 1. The van der Waals surface area contributed by atoms with Crippen molar-refractivity contribution in [2.45, 2.75) is 31.6 Å². The zero-order valence-electron chi connectivity index (χ0n) is 15.5. The van der Waals surface area contributed by atoms with Crippen molar-refractivity contribution in [3.63, 3.8) is 0 Å². The average Bonchev–Trinajstić information content (AvgIpc) is 3.03. The van der Waals surface area contributed by atoms with Gasteiger partial charge in [0.2, 0.25) is 11.8 Å². The third-order valence-electron chi connectivity index (χ3n) is 6.43. The number of nitrogens with one attached hydrogen (secondary N) is 1. The average molecular weight is 394 g/mol. The van der Waals surface area contributed by atoms with E-state index < -0.39 is 5.41 Å². The van der Waals surface area contributed by atoms with Crippen LogP contribution in [0, 0.1) is 11.3 Å². The number of benzene rings is 1. The number of carbonyl (C=O) groups is 2. The molecule has 1 atom stereocenters. The molecule has 3 aliphatic rings. The Morgan fingerprint density at radius 2 is 1.89 bits per heavy atom. The van der Waals surface area contributed by atoms with Crippen molar-refractivity contribution in [2.24, 2.45) is 17.1 Å². The fourth-order valence-electron chi connectivity index (χ4n) is 4.74. The number of rotatable bonds is 3. The summed E-state index contributed by atoms with van der Waals surface area (Å²) in [6.07, 6.45) is 3.13. The summed E-state index contributed by atoms with van der Waals surface area (Å²) in [4.78, 5) is 27.5. The molecule has 0 aromatic heterocycles. The predicted octanol–water partition coefficient (Wildman–Crippen LogP) is 2.14. The van der Waals surface area contributed by atoms with Gasteiger partial charge in [0, 0.05) is 38.5 Å². The van der Waals surface area contributed by atoms with Gasteiger partial charge >= 0.3 is 0 Å². The van der Waals surface area contributed by atoms with Gasteiger partial charge in [-0.2, -0.15) is 0 Å². The van der Waals surface area contributed by atoms with E-state index in [2.05, 4.69) is 5.32 Å². The van der Waals surface area contributed by atoms with E-state index in [1.807, 2.05) is 29.2 Å². The number of nitrogens with two attached hydrogens (primary N) is 1. The minimum absolute atomic E-state index is 0. The third-order valence-corrected chi connectivity index (χ3v) is 6.43. The number of nitrogens with zero attached hydrogens (tertiary/aromatic N) is 1. The Morgan fingerprint density at radius 1 is 1.22 bits per heavy atom. The standard InChI is InChI=1S/C20H27N3O3.ClH/c21-13-20(7-11-26-12-8-20)19(25)23-9-5-14(6-10-23)17-15-3-1-2-4-16(15)22-18(17)24;/h1-4,14,17H,5-13,21H2,(H,22,24);1H. The minimum Gasteiger partial charge on any atom is -0.381 e. The maximum Gasteiger partial charge on any atom is 0.232 e. The lowest BCUT2D eigenvalue weighted by atomic mass is 9.77. The lowest BCUT2D eigenvalue weighted by Gasteiger charge is -2.42. The molecular formula is C20H28ClN3O3. The second kappa shape index (κ2) is 8.17. The number of hydrogen-bond acceptors (Lipinski definition) is 4. The summed E-state index contributed by atoms with van der Waals surface area (Å²) in [5.74, 6) is 0.470. The zero-order valence-corrected chi connectivity index (χ0v) is 16.3. The van der Waals surface area contributed by atoms with Gasteiger partial charge < -0.3 is 20.7 Å². The van der Waals surface area contributed by atoms with E-state index in [0.29, 0.717) is 45.7 Å². The van der Waals surface area contributed by atoms with Crippen LogP contribution in [0.2, 0.25) is 0 Å². The normalized spacial score (nSPS) is 24.7. The van der Waals surface area contributed by atoms with E-state index in [9.17, 15) is 9.59 Å². The van der Waals surface area contributed by atoms with Crippen molar-refractivity contribution in [1.82, 2.24) is 4.90 Å². The Bertz CT molecular complexity index is 697. The molecule has 3 aliphatic heterocycles. The van der Waals surface area contributed by atoms with Gasteiger partial charge in [-0.15, -0.1) is 12.4 Å². The highest BCUT2D eigenvalue weighted by Crippen LogP contribution is 2.42. The van der Waals surface area contributed by atoms with E-state index in [0.717, 1.165) is 24.1 Å². The van der Waals surface area contributed by atoms with Crippen molar-refractivity contribution in [3.8, 4) is 0 Å². The first-order chi connectivity index (χ1) is 12.6. The number of anilines is 1. The molecule has 0 saturated carbocycles. The monoisotopic (exact) mass is 393 g/mol. The van der Waals surface area contributed by atoms with Crippen molar-refractivity contribution >= 4 is 29.9 Å². The number of fused-ring (bicyclic) bond motifs is 1. The molecule has 6 nitrogen and oxygen atoms in total. The topological polar surface area (TPSA) is 84.7 Å². The maximum atomic E-state index is 13.1. The molecule has 0 radical (unpaired) electrons. The molecule has 27 heavy (non-hydrogen) atoms. The summed E-state index contributed by atoms with van der Waals surface area (Å²) in [6.45, 7) is 3.01. The maximum absolute atomic E-state index is 13.1. The second-order valence-corrected chi connectivity index (χ2v) is 7.78. The molecule has 2 amide bonds. The summed E-state index contributed by atoms with van der Waals surface area (Å²) < 4.78 is 5.42. The Hall–Kier alpha value is -1.63. The molecule has 0 bridgehead atoms. The number of piperidine rings is 1. The van der Waals surface area contributed by atoms with E-state index in [1.54, 1.807) is 0 Å². The Labute approximate surface area is 166 Å².